The SMILES string of the molecule is N[C@H](Cc1ccccc1)C(=O)N[C@H]1c2ccccc2C[C@H]1O. The van der Waals surface area contributed by atoms with Crippen LogP contribution in [0.2, 0.25) is 0 Å². The maximum Gasteiger partial charge on any atom is 0.237 e. The maximum absolute atomic E-state index is 12.3. The van der Waals surface area contributed by atoms with Crippen LogP contribution in [0.1, 0.15) is 22.7 Å². The van der Waals surface area contributed by atoms with Crippen molar-refractivity contribution in [2.45, 2.75) is 31.0 Å². The molecule has 4 N–H and O–H groups in total. The van der Waals surface area contributed by atoms with Crippen LogP contribution in [-0.4, -0.2) is 23.2 Å². The molecular weight excluding hydrogens is 276 g/mol. The largest absolute Gasteiger partial charge is 0.390 e. The summed E-state index contributed by atoms with van der Waals surface area (Å²) in [5, 5.41) is 13.1. The molecule has 2 aromatic carbocycles. The van der Waals surface area contributed by atoms with E-state index in [9.17, 15) is 9.90 Å². The lowest BCUT2D eigenvalue weighted by molar-refractivity contribution is -0.123. The lowest BCUT2D eigenvalue weighted by Gasteiger charge is -2.20. The Morgan fingerprint density at radius 1 is 1.18 bits per heavy atom. The molecule has 0 aliphatic heterocycles. The van der Waals surface area contributed by atoms with E-state index < -0.39 is 12.1 Å². The van der Waals surface area contributed by atoms with Gasteiger partial charge >= 0.3 is 0 Å². The minimum Gasteiger partial charge on any atom is -0.390 e. The van der Waals surface area contributed by atoms with Crippen LogP contribution in [0.4, 0.5) is 0 Å². The van der Waals surface area contributed by atoms with E-state index in [1.807, 2.05) is 54.6 Å². The Bertz CT molecular complexity index is 657. The third-order valence-electron chi connectivity index (χ3n) is 4.14. The summed E-state index contributed by atoms with van der Waals surface area (Å²) in [4.78, 5) is 12.3. The van der Waals surface area contributed by atoms with Crippen molar-refractivity contribution in [3.8, 4) is 0 Å². The first kappa shape index (κ1) is 14.8. The Labute approximate surface area is 130 Å². The molecule has 0 saturated carbocycles. The molecule has 0 fully saturated rings. The Morgan fingerprint density at radius 3 is 2.64 bits per heavy atom. The highest BCUT2D eigenvalue weighted by atomic mass is 16.3. The van der Waals surface area contributed by atoms with Crippen LogP contribution in [0.15, 0.2) is 54.6 Å². The van der Waals surface area contributed by atoms with Crippen LogP contribution >= 0.6 is 0 Å². The summed E-state index contributed by atoms with van der Waals surface area (Å²) in [7, 11) is 0. The predicted molar refractivity (Wildman–Crippen MR) is 85.2 cm³/mol. The maximum atomic E-state index is 12.3. The minimum atomic E-state index is -0.623. The molecule has 3 atom stereocenters. The third kappa shape index (κ3) is 3.03. The van der Waals surface area contributed by atoms with Crippen molar-refractivity contribution in [1.82, 2.24) is 5.32 Å². The quantitative estimate of drug-likeness (QED) is 0.797. The van der Waals surface area contributed by atoms with E-state index in [1.54, 1.807) is 0 Å². The molecule has 0 aromatic heterocycles. The fraction of sp³-hybridized carbons (Fsp3) is 0.278. The monoisotopic (exact) mass is 296 g/mol. The molecule has 1 aliphatic rings. The van der Waals surface area contributed by atoms with E-state index in [2.05, 4.69) is 5.32 Å². The van der Waals surface area contributed by atoms with Crippen LogP contribution in [0.3, 0.4) is 0 Å². The Hall–Kier alpha value is -2.17. The number of carbonyl (C=O) groups excluding carboxylic acids is 1. The van der Waals surface area contributed by atoms with Gasteiger partial charge in [-0.25, -0.2) is 0 Å². The number of hydrogen-bond acceptors (Lipinski definition) is 3. The number of carbonyl (C=O) groups is 1. The lowest BCUT2D eigenvalue weighted by atomic mass is 10.0. The van der Waals surface area contributed by atoms with Gasteiger partial charge in [0, 0.05) is 6.42 Å². The van der Waals surface area contributed by atoms with Crippen LogP contribution in [0.25, 0.3) is 0 Å². The zero-order valence-electron chi connectivity index (χ0n) is 12.3. The van der Waals surface area contributed by atoms with Crippen molar-refractivity contribution in [3.63, 3.8) is 0 Å². The first-order valence-corrected chi connectivity index (χ1v) is 7.51. The van der Waals surface area contributed by atoms with Gasteiger partial charge in [0.25, 0.3) is 0 Å². The first-order valence-electron chi connectivity index (χ1n) is 7.51. The van der Waals surface area contributed by atoms with Gasteiger partial charge in [-0.05, 0) is 23.1 Å². The molecule has 1 amide bonds. The van der Waals surface area contributed by atoms with E-state index in [1.165, 1.54) is 0 Å². The summed E-state index contributed by atoms with van der Waals surface area (Å²) in [6, 6.07) is 16.5. The molecule has 0 radical (unpaired) electrons. The topological polar surface area (TPSA) is 75.4 Å². The van der Waals surface area contributed by atoms with Crippen LogP contribution < -0.4 is 11.1 Å². The summed E-state index contributed by atoms with van der Waals surface area (Å²) in [5.41, 5.74) is 9.09. The molecule has 0 spiro atoms. The number of nitrogens with one attached hydrogen (secondary N) is 1. The Kier molecular flexibility index (Phi) is 4.22. The van der Waals surface area contributed by atoms with Gasteiger partial charge in [0.05, 0.1) is 18.2 Å². The van der Waals surface area contributed by atoms with Crippen molar-refractivity contribution in [1.29, 1.82) is 0 Å². The lowest BCUT2D eigenvalue weighted by Crippen LogP contribution is -2.45. The minimum absolute atomic E-state index is 0.232. The molecule has 0 saturated heterocycles. The van der Waals surface area contributed by atoms with Crippen LogP contribution in [-0.2, 0) is 17.6 Å². The average Bonchev–Trinajstić information content (AvgIpc) is 2.84. The first-order chi connectivity index (χ1) is 10.6. The van der Waals surface area contributed by atoms with Gasteiger partial charge in [-0.15, -0.1) is 0 Å². The normalized spacial score (nSPS) is 21.2. The van der Waals surface area contributed by atoms with E-state index in [4.69, 9.17) is 5.73 Å². The van der Waals surface area contributed by atoms with E-state index in [-0.39, 0.29) is 11.9 Å². The molecule has 2 aromatic rings. The van der Waals surface area contributed by atoms with E-state index in [0.717, 1.165) is 16.7 Å². The van der Waals surface area contributed by atoms with Gasteiger partial charge in [-0.3, -0.25) is 4.79 Å². The van der Waals surface area contributed by atoms with Gasteiger partial charge in [0.1, 0.15) is 0 Å². The summed E-state index contributed by atoms with van der Waals surface area (Å²) < 4.78 is 0. The van der Waals surface area contributed by atoms with E-state index in [0.29, 0.717) is 12.8 Å². The zero-order chi connectivity index (χ0) is 15.5. The number of fused-ring (bicyclic) bond motifs is 1. The zero-order valence-corrected chi connectivity index (χ0v) is 12.3. The van der Waals surface area contributed by atoms with Crippen molar-refractivity contribution in [2.75, 3.05) is 0 Å². The van der Waals surface area contributed by atoms with E-state index >= 15 is 0 Å². The second-order valence-corrected chi connectivity index (χ2v) is 5.75. The molecule has 3 rings (SSSR count). The Balaban J connectivity index is 1.67. The second-order valence-electron chi connectivity index (χ2n) is 5.75. The number of nitrogens with two attached hydrogens (primary N) is 1. The highest BCUT2D eigenvalue weighted by molar-refractivity contribution is 5.82. The summed E-state index contributed by atoms with van der Waals surface area (Å²) in [6.45, 7) is 0. The van der Waals surface area contributed by atoms with Crippen molar-refractivity contribution in [2.24, 2.45) is 5.73 Å². The molecule has 4 heteroatoms. The fourth-order valence-electron chi connectivity index (χ4n) is 2.97. The summed E-state index contributed by atoms with van der Waals surface area (Å²) in [6.07, 6.45) is 0.455. The predicted octanol–water partition coefficient (Wildman–Crippen LogP) is 1.33. The van der Waals surface area contributed by atoms with Crippen molar-refractivity contribution in [3.05, 3.63) is 71.3 Å². The van der Waals surface area contributed by atoms with Gasteiger partial charge in [0.15, 0.2) is 0 Å². The van der Waals surface area contributed by atoms with Crippen molar-refractivity contribution >= 4 is 5.91 Å². The molecule has 1 aliphatic carbocycles. The van der Waals surface area contributed by atoms with Gasteiger partial charge in [-0.1, -0.05) is 54.6 Å². The van der Waals surface area contributed by atoms with Gasteiger partial charge < -0.3 is 16.2 Å². The smallest absolute Gasteiger partial charge is 0.237 e. The molecule has 0 unspecified atom stereocenters. The number of aliphatic hydroxyl groups is 1. The number of amides is 1. The molecule has 4 nitrogen and oxygen atoms in total. The molecule has 22 heavy (non-hydrogen) atoms. The molecule has 114 valence electrons. The number of aliphatic hydroxyl groups excluding tert-OH is 1. The molecular formula is C18H20N2O2. The number of rotatable bonds is 4. The highest BCUT2D eigenvalue weighted by Gasteiger charge is 2.32. The number of hydrogen-bond donors (Lipinski definition) is 3. The van der Waals surface area contributed by atoms with Crippen LogP contribution in [0, 0.1) is 0 Å². The fourth-order valence-corrected chi connectivity index (χ4v) is 2.97. The van der Waals surface area contributed by atoms with Crippen molar-refractivity contribution < 1.29 is 9.90 Å². The van der Waals surface area contributed by atoms with Gasteiger partial charge in [-0.2, -0.15) is 0 Å². The van der Waals surface area contributed by atoms with Crippen LogP contribution in [0.5, 0.6) is 0 Å². The van der Waals surface area contributed by atoms with Gasteiger partial charge in [0.2, 0.25) is 5.91 Å². The highest BCUT2D eigenvalue weighted by Crippen LogP contribution is 2.31. The number of benzene rings is 2. The molecule has 0 bridgehead atoms. The third-order valence-corrected chi connectivity index (χ3v) is 4.14. The summed E-state index contributed by atoms with van der Waals surface area (Å²) >= 11 is 0. The summed E-state index contributed by atoms with van der Waals surface area (Å²) in [5.74, 6) is -0.232. The standard InChI is InChI=1S/C18H20N2O2/c19-15(10-12-6-2-1-3-7-12)18(22)20-17-14-9-5-4-8-13(14)11-16(17)21/h1-9,15-17,21H,10-11,19H2,(H,20,22)/t15-,16-,17+/m1/s1. The second kappa shape index (κ2) is 6.30. The molecule has 0 heterocycles. The average molecular weight is 296 g/mol. The Morgan fingerprint density at radius 2 is 1.86 bits per heavy atom.